The Hall–Kier alpha value is -1.86. The lowest BCUT2D eigenvalue weighted by Crippen LogP contribution is -2.22. The van der Waals surface area contributed by atoms with E-state index in [2.05, 4.69) is 16.5 Å². The molecule has 21 heavy (non-hydrogen) atoms. The molecule has 0 atom stereocenters. The first-order valence-corrected chi connectivity index (χ1v) is 7.68. The lowest BCUT2D eigenvalue weighted by Gasteiger charge is -2.19. The SMILES string of the molecule is C=CCSC(=S)N(C)Cc1ccc2nc(N)[nH]c(=O)c2c1. The van der Waals surface area contributed by atoms with Crippen molar-refractivity contribution in [1.29, 1.82) is 0 Å². The Kier molecular flexibility index (Phi) is 4.98. The summed E-state index contributed by atoms with van der Waals surface area (Å²) in [6, 6.07) is 5.54. The van der Waals surface area contributed by atoms with E-state index in [0.29, 0.717) is 17.4 Å². The zero-order valence-electron chi connectivity index (χ0n) is 11.6. The Balaban J connectivity index is 2.21. The summed E-state index contributed by atoms with van der Waals surface area (Å²) in [5.41, 5.74) is 6.87. The fraction of sp³-hybridized carbons (Fsp3) is 0.214. The Morgan fingerprint density at radius 2 is 2.38 bits per heavy atom. The van der Waals surface area contributed by atoms with Gasteiger partial charge >= 0.3 is 0 Å². The third-order valence-corrected chi connectivity index (χ3v) is 4.47. The van der Waals surface area contributed by atoms with E-state index in [1.807, 2.05) is 30.2 Å². The van der Waals surface area contributed by atoms with Crippen LogP contribution in [0.2, 0.25) is 0 Å². The molecule has 1 heterocycles. The van der Waals surface area contributed by atoms with Crippen molar-refractivity contribution in [2.45, 2.75) is 6.54 Å². The van der Waals surface area contributed by atoms with Crippen molar-refractivity contribution in [3.63, 3.8) is 0 Å². The van der Waals surface area contributed by atoms with Crippen LogP contribution in [0.3, 0.4) is 0 Å². The van der Waals surface area contributed by atoms with Gasteiger partial charge in [0.2, 0.25) is 5.95 Å². The van der Waals surface area contributed by atoms with Crippen LogP contribution in [-0.2, 0) is 6.54 Å². The summed E-state index contributed by atoms with van der Waals surface area (Å²) in [5.74, 6) is 0.906. The van der Waals surface area contributed by atoms with Gasteiger partial charge in [-0.05, 0) is 17.7 Å². The molecule has 0 aliphatic heterocycles. The lowest BCUT2D eigenvalue weighted by molar-refractivity contribution is 0.519. The van der Waals surface area contributed by atoms with E-state index in [0.717, 1.165) is 15.6 Å². The lowest BCUT2D eigenvalue weighted by atomic mass is 10.1. The molecule has 110 valence electrons. The molecule has 0 radical (unpaired) electrons. The third kappa shape index (κ3) is 3.83. The summed E-state index contributed by atoms with van der Waals surface area (Å²) in [6.45, 7) is 4.30. The van der Waals surface area contributed by atoms with Crippen molar-refractivity contribution in [2.75, 3.05) is 18.5 Å². The predicted octanol–water partition coefficient (Wildman–Crippen LogP) is 2.14. The van der Waals surface area contributed by atoms with Crippen molar-refractivity contribution < 1.29 is 0 Å². The molecule has 1 aromatic carbocycles. The number of aromatic amines is 1. The van der Waals surface area contributed by atoms with Gasteiger partial charge in [-0.15, -0.1) is 6.58 Å². The van der Waals surface area contributed by atoms with Crippen LogP contribution >= 0.6 is 24.0 Å². The molecule has 0 amide bonds. The molecular formula is C14H16N4OS2. The largest absolute Gasteiger partial charge is 0.369 e. The van der Waals surface area contributed by atoms with E-state index in [1.165, 1.54) is 0 Å². The number of hydrogen-bond acceptors (Lipinski definition) is 5. The first-order valence-electron chi connectivity index (χ1n) is 6.28. The minimum Gasteiger partial charge on any atom is -0.369 e. The van der Waals surface area contributed by atoms with E-state index in [1.54, 1.807) is 17.8 Å². The van der Waals surface area contributed by atoms with Crippen LogP contribution < -0.4 is 11.3 Å². The molecule has 5 nitrogen and oxygen atoms in total. The molecule has 0 saturated heterocycles. The van der Waals surface area contributed by atoms with Crippen molar-refractivity contribution in [3.8, 4) is 0 Å². The number of nitrogens with zero attached hydrogens (tertiary/aromatic N) is 2. The standard InChI is InChI=1S/C14H16N4OS2/c1-3-6-21-14(20)18(2)8-9-4-5-11-10(7-9)12(19)17-13(15)16-11/h3-5,7H,1,6,8H2,2H3,(H3,15,16,17,19). The van der Waals surface area contributed by atoms with Crippen LogP contribution in [0.25, 0.3) is 10.9 Å². The van der Waals surface area contributed by atoms with Crippen LogP contribution in [0, 0.1) is 0 Å². The zero-order chi connectivity index (χ0) is 15.4. The highest BCUT2D eigenvalue weighted by Crippen LogP contribution is 2.15. The molecule has 0 aliphatic rings. The fourth-order valence-electron chi connectivity index (χ4n) is 1.88. The first kappa shape index (κ1) is 15.5. The topological polar surface area (TPSA) is 75.0 Å². The van der Waals surface area contributed by atoms with Gasteiger partial charge in [-0.25, -0.2) is 4.98 Å². The fourth-order valence-corrected chi connectivity index (χ4v) is 2.70. The number of H-pyrrole nitrogens is 1. The van der Waals surface area contributed by atoms with Gasteiger partial charge in [0.05, 0.1) is 10.9 Å². The first-order chi connectivity index (χ1) is 10.0. The number of aromatic nitrogens is 2. The maximum absolute atomic E-state index is 11.9. The zero-order valence-corrected chi connectivity index (χ0v) is 13.3. The highest BCUT2D eigenvalue weighted by atomic mass is 32.2. The van der Waals surface area contributed by atoms with Crippen LogP contribution in [0.4, 0.5) is 5.95 Å². The number of fused-ring (bicyclic) bond motifs is 1. The monoisotopic (exact) mass is 320 g/mol. The number of hydrogen-bond donors (Lipinski definition) is 2. The highest BCUT2D eigenvalue weighted by Gasteiger charge is 2.08. The molecule has 0 saturated carbocycles. The number of nitrogens with two attached hydrogens (primary N) is 1. The second-order valence-corrected chi connectivity index (χ2v) is 6.18. The van der Waals surface area contributed by atoms with Gasteiger partial charge in [0.15, 0.2) is 0 Å². The van der Waals surface area contributed by atoms with Crippen molar-refractivity contribution >= 4 is 45.2 Å². The molecule has 0 unspecified atom stereocenters. The van der Waals surface area contributed by atoms with Crippen LogP contribution in [0.1, 0.15) is 5.56 Å². The Labute approximate surface area is 132 Å². The van der Waals surface area contributed by atoms with Crippen LogP contribution in [0.15, 0.2) is 35.6 Å². The van der Waals surface area contributed by atoms with Crippen molar-refractivity contribution in [2.24, 2.45) is 0 Å². The number of rotatable bonds is 4. The van der Waals surface area contributed by atoms with E-state index >= 15 is 0 Å². The Morgan fingerprint density at radius 3 is 3.10 bits per heavy atom. The average molecular weight is 320 g/mol. The molecule has 2 rings (SSSR count). The highest BCUT2D eigenvalue weighted by molar-refractivity contribution is 8.23. The van der Waals surface area contributed by atoms with Crippen molar-refractivity contribution in [1.82, 2.24) is 14.9 Å². The molecule has 0 aliphatic carbocycles. The summed E-state index contributed by atoms with van der Waals surface area (Å²) < 4.78 is 0.791. The summed E-state index contributed by atoms with van der Waals surface area (Å²) in [5, 5.41) is 0.528. The number of anilines is 1. The Bertz CT molecular complexity index is 741. The minimum atomic E-state index is -0.231. The van der Waals surface area contributed by atoms with Gasteiger partial charge < -0.3 is 10.6 Å². The maximum atomic E-state index is 11.9. The Morgan fingerprint density at radius 1 is 1.62 bits per heavy atom. The molecule has 3 N–H and O–H groups in total. The summed E-state index contributed by atoms with van der Waals surface area (Å²) in [6.07, 6.45) is 1.82. The summed E-state index contributed by atoms with van der Waals surface area (Å²) in [7, 11) is 1.92. The van der Waals surface area contributed by atoms with Gasteiger partial charge in [0.1, 0.15) is 4.32 Å². The van der Waals surface area contributed by atoms with E-state index < -0.39 is 0 Å². The smallest absolute Gasteiger partial charge is 0.260 e. The second kappa shape index (κ2) is 6.73. The van der Waals surface area contributed by atoms with Crippen molar-refractivity contribution in [3.05, 3.63) is 46.8 Å². The number of nitrogens with one attached hydrogen (secondary N) is 1. The predicted molar refractivity (Wildman–Crippen MR) is 93.5 cm³/mol. The normalized spacial score (nSPS) is 10.5. The van der Waals surface area contributed by atoms with Gasteiger partial charge in [0, 0.05) is 19.3 Å². The second-order valence-electron chi connectivity index (χ2n) is 4.52. The van der Waals surface area contributed by atoms with Gasteiger partial charge in [-0.3, -0.25) is 9.78 Å². The van der Waals surface area contributed by atoms with Gasteiger partial charge in [0.25, 0.3) is 5.56 Å². The summed E-state index contributed by atoms with van der Waals surface area (Å²) in [4.78, 5) is 20.4. The molecule has 7 heteroatoms. The molecule has 0 fully saturated rings. The van der Waals surface area contributed by atoms with E-state index in [-0.39, 0.29) is 11.5 Å². The molecule has 2 aromatic rings. The summed E-state index contributed by atoms with van der Waals surface area (Å²) >= 11 is 6.88. The number of thioether (sulfide) groups is 1. The number of nitrogen functional groups attached to an aromatic ring is 1. The van der Waals surface area contributed by atoms with Crippen LogP contribution in [0.5, 0.6) is 0 Å². The van der Waals surface area contributed by atoms with Gasteiger partial charge in [-0.2, -0.15) is 0 Å². The molecule has 0 spiro atoms. The molecule has 0 bridgehead atoms. The number of benzene rings is 1. The van der Waals surface area contributed by atoms with E-state index in [9.17, 15) is 4.79 Å². The average Bonchev–Trinajstić information content (AvgIpc) is 2.45. The van der Waals surface area contributed by atoms with Crippen LogP contribution in [-0.4, -0.2) is 32.0 Å². The third-order valence-electron chi connectivity index (χ3n) is 2.84. The molecule has 1 aromatic heterocycles. The van der Waals surface area contributed by atoms with E-state index in [4.69, 9.17) is 18.0 Å². The number of thiocarbonyl (C=S) groups is 1. The van der Waals surface area contributed by atoms with Gasteiger partial charge in [-0.1, -0.05) is 36.1 Å². The quantitative estimate of drug-likeness (QED) is 0.664. The molecular weight excluding hydrogens is 304 g/mol. The minimum absolute atomic E-state index is 0.124. The maximum Gasteiger partial charge on any atom is 0.260 e.